The second-order valence-electron chi connectivity index (χ2n) is 4.39. The van der Waals surface area contributed by atoms with E-state index in [0.29, 0.717) is 32.3 Å². The standard InChI is InChI=1S/C14H19FO4S/c1-2-19-14(16)9-4-3-5-10-20(17,18)13-8-6-7-12(15)11-13/h6-8,11H,2-5,9-10H2,1H3. The maximum absolute atomic E-state index is 13.0. The summed E-state index contributed by atoms with van der Waals surface area (Å²) in [6.45, 7) is 2.09. The Bertz CT molecular complexity index is 540. The number of ether oxygens (including phenoxy) is 1. The molecule has 0 spiro atoms. The molecular weight excluding hydrogens is 283 g/mol. The van der Waals surface area contributed by atoms with Gasteiger partial charge in [-0.1, -0.05) is 12.5 Å². The molecular formula is C14H19FO4S. The van der Waals surface area contributed by atoms with Crippen LogP contribution in [0.15, 0.2) is 29.2 Å². The van der Waals surface area contributed by atoms with Gasteiger partial charge in [0.2, 0.25) is 0 Å². The fourth-order valence-electron chi connectivity index (χ4n) is 1.75. The molecule has 0 aliphatic carbocycles. The van der Waals surface area contributed by atoms with Crippen molar-refractivity contribution in [2.45, 2.75) is 37.5 Å². The number of halogens is 1. The number of carbonyl (C=O) groups is 1. The van der Waals surface area contributed by atoms with E-state index >= 15 is 0 Å². The average molecular weight is 302 g/mol. The summed E-state index contributed by atoms with van der Waals surface area (Å²) in [5, 5.41) is 0. The average Bonchev–Trinajstić information content (AvgIpc) is 2.38. The van der Waals surface area contributed by atoms with E-state index in [9.17, 15) is 17.6 Å². The van der Waals surface area contributed by atoms with E-state index in [-0.39, 0.29) is 16.6 Å². The molecule has 0 N–H and O–H groups in total. The summed E-state index contributed by atoms with van der Waals surface area (Å²) < 4.78 is 41.6. The van der Waals surface area contributed by atoms with Crippen LogP contribution in [-0.4, -0.2) is 26.7 Å². The highest BCUT2D eigenvalue weighted by molar-refractivity contribution is 7.91. The molecule has 1 rings (SSSR count). The molecule has 0 fully saturated rings. The van der Waals surface area contributed by atoms with Crippen molar-refractivity contribution in [2.75, 3.05) is 12.4 Å². The van der Waals surface area contributed by atoms with E-state index in [4.69, 9.17) is 4.74 Å². The molecule has 0 aliphatic rings. The van der Waals surface area contributed by atoms with Crippen molar-refractivity contribution in [1.82, 2.24) is 0 Å². The number of carbonyl (C=O) groups excluding carboxylic acids is 1. The first-order chi connectivity index (χ1) is 9.45. The van der Waals surface area contributed by atoms with Crippen molar-refractivity contribution < 1.29 is 22.3 Å². The first kappa shape index (κ1) is 16.6. The molecule has 1 aromatic carbocycles. The van der Waals surface area contributed by atoms with Crippen LogP contribution in [0.2, 0.25) is 0 Å². The number of hydrogen-bond acceptors (Lipinski definition) is 4. The Balaban J connectivity index is 2.36. The van der Waals surface area contributed by atoms with Crippen molar-refractivity contribution in [1.29, 1.82) is 0 Å². The molecule has 6 heteroatoms. The van der Waals surface area contributed by atoms with E-state index in [2.05, 4.69) is 0 Å². The zero-order chi connectivity index (χ0) is 15.0. The van der Waals surface area contributed by atoms with Crippen LogP contribution in [-0.2, 0) is 19.4 Å². The molecule has 1 aromatic rings. The molecule has 0 saturated carbocycles. The Hall–Kier alpha value is -1.43. The third-order valence-corrected chi connectivity index (χ3v) is 4.55. The minimum Gasteiger partial charge on any atom is -0.466 e. The lowest BCUT2D eigenvalue weighted by atomic mass is 10.2. The number of unbranched alkanes of at least 4 members (excludes halogenated alkanes) is 2. The largest absolute Gasteiger partial charge is 0.466 e. The van der Waals surface area contributed by atoms with Gasteiger partial charge in [-0.05, 0) is 38.0 Å². The van der Waals surface area contributed by atoms with Crippen LogP contribution >= 0.6 is 0 Å². The second kappa shape index (κ2) is 7.99. The maximum Gasteiger partial charge on any atom is 0.305 e. The highest BCUT2D eigenvalue weighted by Crippen LogP contribution is 2.14. The zero-order valence-electron chi connectivity index (χ0n) is 11.5. The lowest BCUT2D eigenvalue weighted by Gasteiger charge is -2.05. The van der Waals surface area contributed by atoms with Gasteiger partial charge in [-0.3, -0.25) is 4.79 Å². The third kappa shape index (κ3) is 5.69. The smallest absolute Gasteiger partial charge is 0.305 e. The molecule has 0 heterocycles. The maximum atomic E-state index is 13.0. The molecule has 0 bridgehead atoms. The summed E-state index contributed by atoms with van der Waals surface area (Å²) in [4.78, 5) is 11.1. The summed E-state index contributed by atoms with van der Waals surface area (Å²) in [5.41, 5.74) is 0. The zero-order valence-corrected chi connectivity index (χ0v) is 12.3. The van der Waals surface area contributed by atoms with E-state index < -0.39 is 15.7 Å². The van der Waals surface area contributed by atoms with Gasteiger partial charge in [0.1, 0.15) is 5.82 Å². The molecule has 112 valence electrons. The molecule has 0 saturated heterocycles. The Morgan fingerprint density at radius 3 is 2.65 bits per heavy atom. The molecule has 0 amide bonds. The van der Waals surface area contributed by atoms with Crippen molar-refractivity contribution in [3.63, 3.8) is 0 Å². The predicted octanol–water partition coefficient (Wildman–Crippen LogP) is 2.72. The van der Waals surface area contributed by atoms with Crippen molar-refractivity contribution in [2.24, 2.45) is 0 Å². The number of benzene rings is 1. The summed E-state index contributed by atoms with van der Waals surface area (Å²) >= 11 is 0. The number of esters is 1. The number of sulfone groups is 1. The highest BCUT2D eigenvalue weighted by Gasteiger charge is 2.14. The first-order valence-electron chi connectivity index (χ1n) is 6.59. The Morgan fingerprint density at radius 2 is 2.00 bits per heavy atom. The molecule has 0 atom stereocenters. The van der Waals surface area contributed by atoms with Crippen LogP contribution < -0.4 is 0 Å². The van der Waals surface area contributed by atoms with Crippen LogP contribution in [0.25, 0.3) is 0 Å². The minimum absolute atomic E-state index is 0.00268. The van der Waals surface area contributed by atoms with Gasteiger partial charge < -0.3 is 4.74 Å². The van der Waals surface area contributed by atoms with Gasteiger partial charge in [0.15, 0.2) is 9.84 Å². The van der Waals surface area contributed by atoms with Gasteiger partial charge >= 0.3 is 5.97 Å². The molecule has 0 aromatic heterocycles. The van der Waals surface area contributed by atoms with E-state index in [0.717, 1.165) is 6.07 Å². The van der Waals surface area contributed by atoms with E-state index in [1.165, 1.54) is 18.2 Å². The van der Waals surface area contributed by atoms with Gasteiger partial charge in [-0.25, -0.2) is 12.8 Å². The van der Waals surface area contributed by atoms with Crippen molar-refractivity contribution in [3.05, 3.63) is 30.1 Å². The molecule has 0 unspecified atom stereocenters. The summed E-state index contributed by atoms with van der Waals surface area (Å²) in [6.07, 6.45) is 1.96. The predicted molar refractivity (Wildman–Crippen MR) is 73.6 cm³/mol. The molecule has 4 nitrogen and oxygen atoms in total. The Morgan fingerprint density at radius 1 is 1.25 bits per heavy atom. The number of hydrogen-bond donors (Lipinski definition) is 0. The normalized spacial score (nSPS) is 11.3. The van der Waals surface area contributed by atoms with Crippen LogP contribution in [0.3, 0.4) is 0 Å². The van der Waals surface area contributed by atoms with Gasteiger partial charge in [0, 0.05) is 6.42 Å². The van der Waals surface area contributed by atoms with E-state index in [1.807, 2.05) is 0 Å². The molecule has 20 heavy (non-hydrogen) atoms. The van der Waals surface area contributed by atoms with Crippen LogP contribution in [0.5, 0.6) is 0 Å². The Kier molecular flexibility index (Phi) is 6.64. The van der Waals surface area contributed by atoms with Crippen LogP contribution in [0, 0.1) is 5.82 Å². The SMILES string of the molecule is CCOC(=O)CCCCCS(=O)(=O)c1cccc(F)c1. The fourth-order valence-corrected chi connectivity index (χ4v) is 3.15. The lowest BCUT2D eigenvalue weighted by molar-refractivity contribution is -0.143. The topological polar surface area (TPSA) is 60.4 Å². The van der Waals surface area contributed by atoms with Crippen LogP contribution in [0.1, 0.15) is 32.6 Å². The molecule has 0 radical (unpaired) electrons. The van der Waals surface area contributed by atoms with Gasteiger partial charge in [0.05, 0.1) is 17.3 Å². The minimum atomic E-state index is -3.45. The Labute approximate surface area is 118 Å². The van der Waals surface area contributed by atoms with Gasteiger partial charge in [0.25, 0.3) is 0 Å². The van der Waals surface area contributed by atoms with Crippen molar-refractivity contribution in [3.8, 4) is 0 Å². The van der Waals surface area contributed by atoms with Crippen LogP contribution in [0.4, 0.5) is 4.39 Å². The van der Waals surface area contributed by atoms with Gasteiger partial charge in [-0.2, -0.15) is 0 Å². The summed E-state index contributed by atoms with van der Waals surface area (Å²) in [5.74, 6) is -0.867. The lowest BCUT2D eigenvalue weighted by Crippen LogP contribution is -2.08. The van der Waals surface area contributed by atoms with Crippen molar-refractivity contribution >= 4 is 15.8 Å². The quantitative estimate of drug-likeness (QED) is 0.547. The highest BCUT2D eigenvalue weighted by atomic mass is 32.2. The fraction of sp³-hybridized carbons (Fsp3) is 0.500. The third-order valence-electron chi connectivity index (χ3n) is 2.75. The van der Waals surface area contributed by atoms with Gasteiger partial charge in [-0.15, -0.1) is 0 Å². The number of rotatable bonds is 8. The monoisotopic (exact) mass is 302 g/mol. The first-order valence-corrected chi connectivity index (χ1v) is 8.25. The summed E-state index contributed by atoms with van der Waals surface area (Å²) in [6, 6.07) is 4.99. The second-order valence-corrected chi connectivity index (χ2v) is 6.50. The summed E-state index contributed by atoms with van der Waals surface area (Å²) in [7, 11) is -3.45. The molecule has 0 aliphatic heterocycles. The van der Waals surface area contributed by atoms with E-state index in [1.54, 1.807) is 6.92 Å².